The van der Waals surface area contributed by atoms with E-state index in [9.17, 15) is 13.2 Å². The average Bonchev–Trinajstić information content (AvgIpc) is 3.29. The molecule has 0 radical (unpaired) electrons. The molecular formula is C28H36N4O4SSi. The van der Waals surface area contributed by atoms with Gasteiger partial charge in [-0.25, -0.2) is 22.8 Å². The average molecular weight is 553 g/mol. The third kappa shape index (κ3) is 5.71. The Labute approximate surface area is 226 Å². The van der Waals surface area contributed by atoms with Crippen LogP contribution in [0, 0.1) is 11.3 Å². The summed E-state index contributed by atoms with van der Waals surface area (Å²) < 4.78 is 35.6. The predicted molar refractivity (Wildman–Crippen MR) is 149 cm³/mol. The van der Waals surface area contributed by atoms with Crippen molar-refractivity contribution >= 4 is 30.0 Å². The number of hydrogen-bond donors (Lipinski definition) is 1. The predicted octanol–water partition coefficient (Wildman–Crippen LogP) is 4.21. The van der Waals surface area contributed by atoms with Crippen molar-refractivity contribution in [2.24, 2.45) is 11.3 Å². The SMILES string of the molecule is C[C@@H]1C[SiH](c2nc(-n3ccc(OCCC4(C)CC4)n3)ccc2C(=O)NS(=O)(=O)c2ccccc2)C(C)(C)C1. The van der Waals surface area contributed by atoms with Crippen molar-refractivity contribution in [1.82, 2.24) is 19.5 Å². The molecule has 2 aliphatic rings. The van der Waals surface area contributed by atoms with Crippen LogP contribution in [0.3, 0.4) is 0 Å². The Morgan fingerprint density at radius 3 is 2.53 bits per heavy atom. The van der Waals surface area contributed by atoms with Gasteiger partial charge >= 0.3 is 0 Å². The third-order valence-electron chi connectivity index (χ3n) is 8.08. The van der Waals surface area contributed by atoms with Crippen LogP contribution in [0.4, 0.5) is 0 Å². The summed E-state index contributed by atoms with van der Waals surface area (Å²) in [5, 5.41) is 5.33. The molecule has 1 amide bonds. The molecule has 202 valence electrons. The van der Waals surface area contributed by atoms with Crippen molar-refractivity contribution in [1.29, 1.82) is 0 Å². The molecule has 3 heterocycles. The fourth-order valence-corrected chi connectivity index (χ4v) is 10.7. The van der Waals surface area contributed by atoms with Gasteiger partial charge in [0.25, 0.3) is 15.9 Å². The van der Waals surface area contributed by atoms with Gasteiger partial charge in [-0.15, -0.1) is 5.10 Å². The second kappa shape index (κ2) is 9.96. The van der Waals surface area contributed by atoms with Crippen molar-refractivity contribution in [2.45, 2.75) is 69.4 Å². The largest absolute Gasteiger partial charge is 0.477 e. The number of aromatic nitrogens is 3. The van der Waals surface area contributed by atoms with Gasteiger partial charge in [0, 0.05) is 17.6 Å². The molecule has 0 bridgehead atoms. The van der Waals surface area contributed by atoms with E-state index in [1.165, 1.54) is 25.0 Å². The minimum atomic E-state index is -4.01. The molecule has 0 spiro atoms. The van der Waals surface area contributed by atoms with Gasteiger partial charge < -0.3 is 4.74 Å². The van der Waals surface area contributed by atoms with Gasteiger partial charge in [0.15, 0.2) is 5.82 Å². The van der Waals surface area contributed by atoms with Gasteiger partial charge in [-0.1, -0.05) is 51.9 Å². The lowest BCUT2D eigenvalue weighted by Gasteiger charge is -2.27. The van der Waals surface area contributed by atoms with Crippen LogP contribution < -0.4 is 14.8 Å². The summed E-state index contributed by atoms with van der Waals surface area (Å²) >= 11 is 0. The van der Waals surface area contributed by atoms with E-state index in [1.807, 2.05) is 12.3 Å². The van der Waals surface area contributed by atoms with E-state index < -0.39 is 24.7 Å². The van der Waals surface area contributed by atoms with Crippen LogP contribution in [0.15, 0.2) is 59.6 Å². The minimum Gasteiger partial charge on any atom is -0.477 e. The van der Waals surface area contributed by atoms with Gasteiger partial charge in [-0.3, -0.25) is 4.79 Å². The first-order valence-electron chi connectivity index (χ1n) is 13.3. The lowest BCUT2D eigenvalue weighted by molar-refractivity contribution is 0.0982. The van der Waals surface area contributed by atoms with Crippen molar-refractivity contribution in [3.63, 3.8) is 0 Å². The first kappa shape index (κ1) is 26.6. The molecule has 1 aromatic carbocycles. The molecule has 1 saturated heterocycles. The molecule has 2 aromatic heterocycles. The van der Waals surface area contributed by atoms with Crippen molar-refractivity contribution in [3.8, 4) is 11.7 Å². The van der Waals surface area contributed by atoms with E-state index in [-0.39, 0.29) is 9.93 Å². The number of hydrogen-bond acceptors (Lipinski definition) is 6. The smallest absolute Gasteiger partial charge is 0.266 e. The Balaban J connectivity index is 1.44. The van der Waals surface area contributed by atoms with E-state index in [0.29, 0.717) is 35.2 Å². The molecule has 1 unspecified atom stereocenters. The number of carbonyl (C=O) groups excluding carboxylic acids is 1. The molecule has 5 rings (SSSR count). The summed E-state index contributed by atoms with van der Waals surface area (Å²) in [5.74, 6) is 1.01. The highest BCUT2D eigenvalue weighted by atomic mass is 32.2. The molecule has 38 heavy (non-hydrogen) atoms. The standard InChI is InChI=1S/C28H36N4O4SSi/c1-20-18-27(2,3)38(19-20)26-22(25(33)31-37(34,35)21-8-6-5-7-9-21)10-11-23(29-26)32-16-12-24(30-32)36-17-15-28(4)13-14-28/h5-12,16,20,38H,13-15,17-19H2,1-4H3,(H,31,33)/t20-,38?/m0/s1. The summed E-state index contributed by atoms with van der Waals surface area (Å²) in [4.78, 5) is 18.4. The number of nitrogens with one attached hydrogen (secondary N) is 1. The molecule has 2 fully saturated rings. The van der Waals surface area contributed by atoms with Gasteiger partial charge in [-0.2, -0.15) is 0 Å². The van der Waals surface area contributed by atoms with Crippen LogP contribution >= 0.6 is 0 Å². The Hall–Kier alpha value is -2.98. The van der Waals surface area contributed by atoms with E-state index in [0.717, 1.165) is 24.2 Å². The molecule has 1 saturated carbocycles. The fourth-order valence-electron chi connectivity index (χ4n) is 5.59. The number of amides is 1. The maximum atomic E-state index is 13.4. The van der Waals surface area contributed by atoms with E-state index >= 15 is 0 Å². The highest BCUT2D eigenvalue weighted by molar-refractivity contribution is 7.90. The lowest BCUT2D eigenvalue weighted by atomic mass is 10.0. The summed E-state index contributed by atoms with van der Waals surface area (Å²) in [6, 6.07) is 14.2. The molecule has 3 aromatic rings. The Morgan fingerprint density at radius 2 is 1.87 bits per heavy atom. The topological polar surface area (TPSA) is 103 Å². The summed E-state index contributed by atoms with van der Waals surface area (Å²) in [7, 11) is -5.77. The Bertz CT molecular complexity index is 1430. The number of ether oxygens (including phenoxy) is 1. The molecule has 2 atom stereocenters. The third-order valence-corrected chi connectivity index (χ3v) is 13.9. The molecule has 1 aliphatic carbocycles. The number of carbonyl (C=O) groups is 1. The van der Waals surface area contributed by atoms with Gasteiger partial charge in [0.2, 0.25) is 5.88 Å². The highest BCUT2D eigenvalue weighted by Gasteiger charge is 2.43. The molecule has 10 heteroatoms. The number of nitrogens with zero attached hydrogens (tertiary/aromatic N) is 3. The monoisotopic (exact) mass is 552 g/mol. The van der Waals surface area contributed by atoms with Crippen LogP contribution in [0.25, 0.3) is 5.82 Å². The van der Waals surface area contributed by atoms with Crippen LogP contribution in [0.1, 0.15) is 63.7 Å². The Kier molecular flexibility index (Phi) is 6.98. The van der Waals surface area contributed by atoms with Crippen molar-refractivity contribution in [3.05, 3.63) is 60.3 Å². The zero-order chi connectivity index (χ0) is 27.1. The van der Waals surface area contributed by atoms with Gasteiger partial charge in [-0.05, 0) is 66.3 Å². The maximum absolute atomic E-state index is 13.4. The minimum absolute atomic E-state index is 0.0374. The molecule has 1 aliphatic heterocycles. The zero-order valence-corrected chi connectivity index (χ0v) is 24.4. The van der Waals surface area contributed by atoms with Crippen LogP contribution in [0.2, 0.25) is 11.1 Å². The summed E-state index contributed by atoms with van der Waals surface area (Å²) in [5.41, 5.74) is 0.743. The fraction of sp³-hybridized carbons (Fsp3) is 0.464. The molecule has 8 nitrogen and oxygen atoms in total. The summed E-state index contributed by atoms with van der Waals surface area (Å²) in [6.07, 6.45) is 6.38. The van der Waals surface area contributed by atoms with E-state index in [4.69, 9.17) is 9.72 Å². The van der Waals surface area contributed by atoms with Crippen LogP contribution in [0.5, 0.6) is 5.88 Å². The first-order chi connectivity index (χ1) is 18.0. The van der Waals surface area contributed by atoms with E-state index in [2.05, 4.69) is 37.5 Å². The maximum Gasteiger partial charge on any atom is 0.266 e. The quantitative estimate of drug-likeness (QED) is 0.399. The highest BCUT2D eigenvalue weighted by Crippen LogP contribution is 2.48. The number of rotatable bonds is 9. The van der Waals surface area contributed by atoms with Crippen LogP contribution in [-0.4, -0.2) is 44.5 Å². The van der Waals surface area contributed by atoms with Gasteiger partial charge in [0.1, 0.15) is 8.80 Å². The zero-order valence-electron chi connectivity index (χ0n) is 22.5. The number of pyridine rings is 1. The first-order valence-corrected chi connectivity index (χ1v) is 16.7. The van der Waals surface area contributed by atoms with Crippen molar-refractivity contribution < 1.29 is 17.9 Å². The Morgan fingerprint density at radius 1 is 1.13 bits per heavy atom. The van der Waals surface area contributed by atoms with E-state index in [1.54, 1.807) is 35.0 Å². The molecular weight excluding hydrogens is 516 g/mol. The lowest BCUT2D eigenvalue weighted by Crippen LogP contribution is -2.44. The number of sulfonamides is 1. The van der Waals surface area contributed by atoms with Crippen LogP contribution in [-0.2, 0) is 10.0 Å². The molecule has 1 N–H and O–H groups in total. The summed E-state index contributed by atoms with van der Waals surface area (Å²) in [6.45, 7) is 9.62. The van der Waals surface area contributed by atoms with Gasteiger partial charge in [0.05, 0.1) is 17.1 Å². The second-order valence-corrected chi connectivity index (χ2v) is 17.3. The normalized spacial score (nSPS) is 21.7. The second-order valence-electron chi connectivity index (χ2n) is 11.9. The number of benzene rings is 1. The van der Waals surface area contributed by atoms with Crippen molar-refractivity contribution in [2.75, 3.05) is 6.61 Å².